The minimum absolute atomic E-state index is 0.0637. The number of hydrogen-bond donors (Lipinski definition) is 1. The lowest BCUT2D eigenvalue weighted by Crippen LogP contribution is -2.39. The standard InChI is InChI=1S/C18H19ClN6O/c19-14-4-5-15(20-11-14)21-17(26)12-24-9-6-13(7-10-24)18-23-22-16-3-1-2-8-25(16)18/h1-5,8,11,13H,6-7,9-10,12H2,(H,20,21,26). The Morgan fingerprint density at radius 3 is 2.81 bits per heavy atom. The second kappa shape index (κ2) is 7.39. The van der Waals surface area contributed by atoms with Gasteiger partial charge in [-0.2, -0.15) is 0 Å². The number of piperidine rings is 1. The van der Waals surface area contributed by atoms with E-state index in [1.807, 2.05) is 24.4 Å². The highest BCUT2D eigenvalue weighted by atomic mass is 35.5. The lowest BCUT2D eigenvalue weighted by Gasteiger charge is -2.30. The number of nitrogens with one attached hydrogen (secondary N) is 1. The van der Waals surface area contributed by atoms with Crippen LogP contribution in [0.4, 0.5) is 5.82 Å². The first-order valence-corrected chi connectivity index (χ1v) is 9.00. The predicted molar refractivity (Wildman–Crippen MR) is 99.3 cm³/mol. The summed E-state index contributed by atoms with van der Waals surface area (Å²) < 4.78 is 2.05. The van der Waals surface area contributed by atoms with Crippen LogP contribution in [0.15, 0.2) is 42.7 Å². The third-order valence-corrected chi connectivity index (χ3v) is 4.88. The molecule has 0 unspecified atom stereocenters. The van der Waals surface area contributed by atoms with Gasteiger partial charge in [0, 0.05) is 18.3 Å². The van der Waals surface area contributed by atoms with Gasteiger partial charge in [-0.1, -0.05) is 17.7 Å². The number of carbonyl (C=O) groups is 1. The first-order valence-electron chi connectivity index (χ1n) is 8.62. The number of nitrogens with zero attached hydrogens (tertiary/aromatic N) is 5. The molecule has 3 aromatic heterocycles. The Morgan fingerprint density at radius 2 is 2.04 bits per heavy atom. The van der Waals surface area contributed by atoms with E-state index >= 15 is 0 Å². The van der Waals surface area contributed by atoms with Crippen molar-refractivity contribution in [2.45, 2.75) is 18.8 Å². The number of likely N-dealkylation sites (tertiary alicyclic amines) is 1. The van der Waals surface area contributed by atoms with Crippen LogP contribution in [0.2, 0.25) is 5.02 Å². The van der Waals surface area contributed by atoms with Crippen molar-refractivity contribution in [2.24, 2.45) is 0 Å². The smallest absolute Gasteiger partial charge is 0.239 e. The highest BCUT2D eigenvalue weighted by Crippen LogP contribution is 2.26. The normalized spacial score (nSPS) is 16.0. The van der Waals surface area contributed by atoms with E-state index in [-0.39, 0.29) is 5.91 Å². The van der Waals surface area contributed by atoms with Crippen molar-refractivity contribution >= 4 is 29.0 Å². The molecule has 0 aliphatic carbocycles. The third-order valence-electron chi connectivity index (χ3n) is 4.65. The summed E-state index contributed by atoms with van der Waals surface area (Å²) >= 11 is 5.80. The summed E-state index contributed by atoms with van der Waals surface area (Å²) in [6.07, 6.45) is 5.44. The van der Waals surface area contributed by atoms with Gasteiger partial charge >= 0.3 is 0 Å². The zero-order valence-corrected chi connectivity index (χ0v) is 14.9. The highest BCUT2D eigenvalue weighted by Gasteiger charge is 2.25. The van der Waals surface area contributed by atoms with E-state index in [1.165, 1.54) is 6.20 Å². The summed E-state index contributed by atoms with van der Waals surface area (Å²) in [5, 5.41) is 11.9. The first-order chi connectivity index (χ1) is 12.7. The molecule has 1 aliphatic heterocycles. The number of fused-ring (bicyclic) bond motifs is 1. The average Bonchev–Trinajstić information content (AvgIpc) is 3.08. The summed E-state index contributed by atoms with van der Waals surface area (Å²) in [5.74, 6) is 1.83. The minimum Gasteiger partial charge on any atom is -0.310 e. The van der Waals surface area contributed by atoms with Crippen molar-refractivity contribution in [1.82, 2.24) is 24.5 Å². The maximum Gasteiger partial charge on any atom is 0.239 e. The van der Waals surface area contributed by atoms with Gasteiger partial charge in [0.1, 0.15) is 11.6 Å². The van der Waals surface area contributed by atoms with Crippen LogP contribution in [0.5, 0.6) is 0 Å². The molecule has 0 saturated carbocycles. The van der Waals surface area contributed by atoms with Gasteiger partial charge in [-0.05, 0) is 50.2 Å². The van der Waals surface area contributed by atoms with Gasteiger partial charge in [0.25, 0.3) is 0 Å². The molecule has 4 rings (SSSR count). The fraction of sp³-hybridized carbons (Fsp3) is 0.333. The predicted octanol–water partition coefficient (Wildman–Crippen LogP) is 2.60. The summed E-state index contributed by atoms with van der Waals surface area (Å²) in [5.41, 5.74) is 0.875. The summed E-state index contributed by atoms with van der Waals surface area (Å²) in [7, 11) is 0. The van der Waals surface area contributed by atoms with Crippen molar-refractivity contribution in [2.75, 3.05) is 25.0 Å². The van der Waals surface area contributed by atoms with Crippen LogP contribution in [0, 0.1) is 0 Å². The number of hydrogen-bond acceptors (Lipinski definition) is 5. The van der Waals surface area contributed by atoms with E-state index in [9.17, 15) is 4.79 Å². The SMILES string of the molecule is O=C(CN1CCC(c2nnc3ccccn23)CC1)Nc1ccc(Cl)cn1. The molecule has 4 heterocycles. The van der Waals surface area contributed by atoms with Crippen molar-refractivity contribution in [1.29, 1.82) is 0 Å². The minimum atomic E-state index is -0.0637. The molecule has 0 aromatic carbocycles. The van der Waals surface area contributed by atoms with E-state index in [0.29, 0.717) is 23.3 Å². The van der Waals surface area contributed by atoms with E-state index in [2.05, 4.69) is 29.8 Å². The number of carbonyl (C=O) groups excluding carboxylic acids is 1. The van der Waals surface area contributed by atoms with E-state index in [1.54, 1.807) is 12.1 Å². The van der Waals surface area contributed by atoms with Crippen LogP contribution >= 0.6 is 11.6 Å². The molecule has 3 aromatic rings. The molecular weight excluding hydrogens is 352 g/mol. The number of rotatable bonds is 4. The van der Waals surface area contributed by atoms with E-state index < -0.39 is 0 Å². The largest absolute Gasteiger partial charge is 0.310 e. The van der Waals surface area contributed by atoms with Gasteiger partial charge in [-0.25, -0.2) is 4.98 Å². The van der Waals surface area contributed by atoms with Gasteiger partial charge in [0.2, 0.25) is 5.91 Å². The summed E-state index contributed by atoms with van der Waals surface area (Å²) in [6.45, 7) is 2.07. The molecule has 26 heavy (non-hydrogen) atoms. The Labute approximate surface area is 156 Å². The van der Waals surface area contributed by atoms with Crippen molar-refractivity contribution < 1.29 is 4.79 Å². The molecule has 1 N–H and O–H groups in total. The molecule has 0 bridgehead atoms. The topological polar surface area (TPSA) is 75.4 Å². The summed E-state index contributed by atoms with van der Waals surface area (Å²) in [4.78, 5) is 18.4. The van der Waals surface area contributed by atoms with Crippen LogP contribution in [0.25, 0.3) is 5.65 Å². The molecule has 0 radical (unpaired) electrons. The molecule has 1 saturated heterocycles. The highest BCUT2D eigenvalue weighted by molar-refractivity contribution is 6.30. The molecule has 134 valence electrons. The Kier molecular flexibility index (Phi) is 4.81. The lowest BCUT2D eigenvalue weighted by molar-refractivity contribution is -0.117. The maximum atomic E-state index is 12.2. The molecule has 8 heteroatoms. The monoisotopic (exact) mass is 370 g/mol. The van der Waals surface area contributed by atoms with Crippen molar-refractivity contribution in [3.8, 4) is 0 Å². The number of anilines is 1. The number of aromatic nitrogens is 4. The zero-order valence-electron chi connectivity index (χ0n) is 14.2. The van der Waals surface area contributed by atoms with Crippen molar-refractivity contribution in [3.05, 3.63) is 53.6 Å². The van der Waals surface area contributed by atoms with E-state index in [0.717, 1.165) is 37.4 Å². The molecule has 1 fully saturated rings. The van der Waals surface area contributed by atoms with Gasteiger partial charge in [0.05, 0.1) is 11.6 Å². The molecular formula is C18H19ClN6O. The lowest BCUT2D eigenvalue weighted by atomic mass is 9.96. The molecule has 1 aliphatic rings. The second-order valence-corrected chi connectivity index (χ2v) is 6.88. The Balaban J connectivity index is 1.32. The Bertz CT molecular complexity index is 901. The fourth-order valence-electron chi connectivity index (χ4n) is 3.32. The second-order valence-electron chi connectivity index (χ2n) is 6.45. The first kappa shape index (κ1) is 16.9. The molecule has 0 spiro atoms. The number of pyridine rings is 2. The van der Waals surface area contributed by atoms with Gasteiger partial charge in [-0.15, -0.1) is 10.2 Å². The summed E-state index contributed by atoms with van der Waals surface area (Å²) in [6, 6.07) is 9.32. The van der Waals surface area contributed by atoms with Gasteiger partial charge in [0.15, 0.2) is 5.65 Å². The molecule has 1 amide bonds. The molecule has 7 nitrogen and oxygen atoms in total. The Hall–Kier alpha value is -2.51. The quantitative estimate of drug-likeness (QED) is 0.764. The fourth-order valence-corrected chi connectivity index (χ4v) is 3.43. The Morgan fingerprint density at radius 1 is 1.19 bits per heavy atom. The van der Waals surface area contributed by atoms with Gasteiger partial charge in [-0.3, -0.25) is 14.1 Å². The average molecular weight is 371 g/mol. The number of halogens is 1. The molecule has 0 atom stereocenters. The maximum absolute atomic E-state index is 12.2. The van der Waals surface area contributed by atoms with Crippen LogP contribution in [-0.2, 0) is 4.79 Å². The van der Waals surface area contributed by atoms with Crippen molar-refractivity contribution in [3.63, 3.8) is 0 Å². The van der Waals surface area contributed by atoms with E-state index in [4.69, 9.17) is 11.6 Å². The third kappa shape index (κ3) is 3.68. The van der Waals surface area contributed by atoms with Crippen LogP contribution in [-0.4, -0.2) is 50.0 Å². The zero-order chi connectivity index (χ0) is 17.9. The van der Waals surface area contributed by atoms with Gasteiger partial charge < -0.3 is 5.32 Å². The van der Waals surface area contributed by atoms with Crippen LogP contribution < -0.4 is 5.32 Å². The number of amides is 1. The van der Waals surface area contributed by atoms with Crippen LogP contribution in [0.3, 0.4) is 0 Å². The van der Waals surface area contributed by atoms with Crippen LogP contribution in [0.1, 0.15) is 24.6 Å².